The minimum Gasteiger partial charge on any atom is -0.477 e. The predicted molar refractivity (Wildman–Crippen MR) is 118 cm³/mol. The van der Waals surface area contributed by atoms with Gasteiger partial charge in [-0.1, -0.05) is 6.07 Å². The molecule has 31 heavy (non-hydrogen) atoms. The number of β-lactam (4-membered cyclic amide) rings is 1. The molecule has 1 fully saturated rings. The van der Waals surface area contributed by atoms with Gasteiger partial charge in [-0.25, -0.2) is 4.79 Å². The van der Waals surface area contributed by atoms with E-state index in [9.17, 15) is 23.7 Å². The molecule has 4 rings (SSSR count). The number of nitrogens with one attached hydrogen (secondary N) is 1. The maximum absolute atomic E-state index is 12.7. The summed E-state index contributed by atoms with van der Waals surface area (Å²) in [5, 5.41) is 22.0. The Balaban J connectivity index is 1.41. The molecule has 0 saturated carbocycles. The number of aliphatic carboxylic acids is 1. The molecule has 0 aliphatic carbocycles. The summed E-state index contributed by atoms with van der Waals surface area (Å²) in [5.41, 5.74) is 0.569. The van der Waals surface area contributed by atoms with E-state index in [2.05, 4.69) is 15.5 Å². The molecule has 9 nitrogen and oxygen atoms in total. The second-order valence-electron chi connectivity index (χ2n) is 6.48. The summed E-state index contributed by atoms with van der Waals surface area (Å²) in [6, 6.07) is 6.12. The van der Waals surface area contributed by atoms with Crippen LogP contribution in [0.5, 0.6) is 0 Å². The first kappa shape index (κ1) is 22.0. The number of thiophene rings is 1. The Morgan fingerprint density at radius 1 is 1.35 bits per heavy atom. The van der Waals surface area contributed by atoms with Crippen molar-refractivity contribution in [3.63, 3.8) is 0 Å². The van der Waals surface area contributed by atoms with Gasteiger partial charge in [0.25, 0.3) is 5.91 Å². The van der Waals surface area contributed by atoms with Crippen LogP contribution >= 0.6 is 34.9 Å². The van der Waals surface area contributed by atoms with E-state index in [-0.39, 0.29) is 11.4 Å². The zero-order valence-corrected chi connectivity index (χ0v) is 19.1. The number of rotatable bonds is 8. The van der Waals surface area contributed by atoms with Gasteiger partial charge in [0, 0.05) is 17.7 Å². The highest BCUT2D eigenvalue weighted by molar-refractivity contribution is 8.01. The fourth-order valence-electron chi connectivity index (χ4n) is 3.12. The summed E-state index contributed by atoms with van der Waals surface area (Å²) in [6.07, 6.45) is 1.55. The van der Waals surface area contributed by atoms with E-state index in [1.807, 2.05) is 0 Å². The lowest BCUT2D eigenvalue weighted by atomic mass is 10.0. The molecule has 2 aromatic rings. The van der Waals surface area contributed by atoms with Crippen LogP contribution in [0, 0.1) is 0 Å². The average Bonchev–Trinajstić information content (AvgIpc) is 3.31. The van der Waals surface area contributed by atoms with Gasteiger partial charge < -0.3 is 10.4 Å². The molecule has 3 unspecified atom stereocenters. The molecular formula is C18H16N4O5S4. The highest BCUT2D eigenvalue weighted by Crippen LogP contribution is 2.41. The van der Waals surface area contributed by atoms with Crippen LogP contribution in [0.1, 0.15) is 0 Å². The molecule has 3 atom stereocenters. The lowest BCUT2D eigenvalue weighted by Gasteiger charge is -2.49. The molecule has 2 amide bonds. The Kier molecular flexibility index (Phi) is 6.74. The van der Waals surface area contributed by atoms with Crippen molar-refractivity contribution in [2.24, 2.45) is 0 Å². The third-order valence-corrected chi connectivity index (χ3v) is 9.45. The van der Waals surface area contributed by atoms with Gasteiger partial charge in [-0.15, -0.1) is 40.0 Å². The number of carbonyl (C=O) groups is 3. The molecule has 0 aromatic carbocycles. The number of aromatic nitrogens is 2. The lowest BCUT2D eigenvalue weighted by Crippen LogP contribution is -2.70. The summed E-state index contributed by atoms with van der Waals surface area (Å²) in [5.74, 6) is -1.64. The van der Waals surface area contributed by atoms with Crippen LogP contribution in [0.3, 0.4) is 0 Å². The summed E-state index contributed by atoms with van der Waals surface area (Å²) in [4.78, 5) is 38.1. The fraction of sp³-hybridized carbons (Fsp3) is 0.278. The van der Waals surface area contributed by atoms with Crippen molar-refractivity contribution in [1.29, 1.82) is 0 Å². The van der Waals surface area contributed by atoms with Crippen molar-refractivity contribution >= 4 is 63.4 Å². The topological polar surface area (TPSA) is 130 Å². The van der Waals surface area contributed by atoms with Crippen molar-refractivity contribution in [3.05, 3.63) is 47.1 Å². The van der Waals surface area contributed by atoms with Gasteiger partial charge in [0.15, 0.2) is 0 Å². The van der Waals surface area contributed by atoms with Gasteiger partial charge in [-0.3, -0.25) is 18.7 Å². The fourth-order valence-corrected chi connectivity index (χ4v) is 7.35. The molecule has 2 aliphatic rings. The van der Waals surface area contributed by atoms with E-state index >= 15 is 0 Å². The molecular weight excluding hydrogens is 480 g/mol. The summed E-state index contributed by atoms with van der Waals surface area (Å²) < 4.78 is 12.8. The van der Waals surface area contributed by atoms with Gasteiger partial charge >= 0.3 is 5.97 Å². The van der Waals surface area contributed by atoms with Crippen LogP contribution in [-0.2, 0) is 25.2 Å². The SMILES string of the molecule is O=C(CS(=O)c1cccs1)NC1C(=O)N2C(C(=O)O)=C(CSc3cccnn3)CSC12. The molecule has 2 aromatic heterocycles. The normalized spacial score (nSPS) is 21.3. The Morgan fingerprint density at radius 3 is 2.87 bits per heavy atom. The van der Waals surface area contributed by atoms with Crippen LogP contribution in [0.4, 0.5) is 0 Å². The van der Waals surface area contributed by atoms with E-state index in [1.165, 1.54) is 39.8 Å². The Labute approximate surface area is 192 Å². The molecule has 2 aliphatic heterocycles. The number of carboxylic acids is 1. The monoisotopic (exact) mass is 496 g/mol. The molecule has 2 N–H and O–H groups in total. The molecule has 13 heteroatoms. The molecule has 4 heterocycles. The maximum Gasteiger partial charge on any atom is 0.352 e. The second kappa shape index (κ2) is 9.51. The molecule has 0 spiro atoms. The van der Waals surface area contributed by atoms with Gasteiger partial charge in [0.05, 0.1) is 15.0 Å². The van der Waals surface area contributed by atoms with Crippen LogP contribution < -0.4 is 5.32 Å². The molecule has 1 saturated heterocycles. The minimum absolute atomic E-state index is 0.0437. The van der Waals surface area contributed by atoms with Gasteiger partial charge in [0.1, 0.15) is 27.9 Å². The maximum atomic E-state index is 12.7. The molecule has 0 bridgehead atoms. The Bertz CT molecular complexity index is 1060. The van der Waals surface area contributed by atoms with Crippen LogP contribution in [0.15, 0.2) is 56.3 Å². The van der Waals surface area contributed by atoms with Crippen LogP contribution in [0.2, 0.25) is 0 Å². The van der Waals surface area contributed by atoms with Crippen molar-refractivity contribution < 1.29 is 23.7 Å². The highest BCUT2D eigenvalue weighted by Gasteiger charge is 2.54. The number of carboxylic acid groups (broad SMARTS) is 1. The summed E-state index contributed by atoms with van der Waals surface area (Å²) in [7, 11) is -1.48. The summed E-state index contributed by atoms with van der Waals surface area (Å²) in [6.45, 7) is 0. The second-order valence-corrected chi connectivity index (χ2v) is 11.2. The van der Waals surface area contributed by atoms with Crippen molar-refractivity contribution in [3.8, 4) is 0 Å². The first-order valence-electron chi connectivity index (χ1n) is 8.97. The lowest BCUT2D eigenvalue weighted by molar-refractivity contribution is -0.150. The highest BCUT2D eigenvalue weighted by atomic mass is 32.2. The number of amides is 2. The van der Waals surface area contributed by atoms with E-state index < -0.39 is 40.0 Å². The number of carbonyl (C=O) groups excluding carboxylic acids is 2. The predicted octanol–water partition coefficient (Wildman–Crippen LogP) is 1.18. The number of hydrogen-bond donors (Lipinski definition) is 2. The van der Waals surface area contributed by atoms with Gasteiger partial charge in [-0.2, -0.15) is 5.10 Å². The number of nitrogens with zero attached hydrogens (tertiary/aromatic N) is 3. The largest absolute Gasteiger partial charge is 0.477 e. The van der Waals surface area contributed by atoms with Crippen molar-refractivity contribution in [1.82, 2.24) is 20.4 Å². The van der Waals surface area contributed by atoms with Crippen molar-refractivity contribution in [2.75, 3.05) is 17.3 Å². The smallest absolute Gasteiger partial charge is 0.352 e. The van der Waals surface area contributed by atoms with Crippen LogP contribution in [0.25, 0.3) is 0 Å². The Morgan fingerprint density at radius 2 is 2.19 bits per heavy atom. The number of thioether (sulfide) groups is 2. The zero-order valence-electron chi connectivity index (χ0n) is 15.8. The minimum atomic E-state index is -1.48. The third-order valence-electron chi connectivity index (χ3n) is 4.49. The van der Waals surface area contributed by atoms with Crippen molar-refractivity contribution in [2.45, 2.75) is 20.7 Å². The zero-order chi connectivity index (χ0) is 22.0. The standard InChI is InChI=1S/C18H16N4O5S4/c23-11(9-31(27)13-4-2-6-28-13)20-14-16(24)22-15(18(25)26)10(8-30-17(14)22)7-29-12-3-1-5-19-21-12/h1-6,14,17H,7-9H2,(H,20,23)(H,25,26). The molecule has 162 valence electrons. The summed E-state index contributed by atoms with van der Waals surface area (Å²) >= 11 is 4.03. The first-order chi connectivity index (χ1) is 15.0. The average molecular weight is 497 g/mol. The first-order valence-corrected chi connectivity index (χ1v) is 13.2. The van der Waals surface area contributed by atoms with E-state index in [4.69, 9.17) is 0 Å². The number of hydrogen-bond acceptors (Lipinski definition) is 9. The molecule has 0 radical (unpaired) electrons. The Hall–Kier alpha value is -2.22. The van der Waals surface area contributed by atoms with Gasteiger partial charge in [0.2, 0.25) is 5.91 Å². The number of fused-ring (bicyclic) bond motifs is 1. The quantitative estimate of drug-likeness (QED) is 0.409. The van der Waals surface area contributed by atoms with Crippen LogP contribution in [-0.4, -0.2) is 70.9 Å². The van der Waals surface area contributed by atoms with Gasteiger partial charge in [-0.05, 0) is 29.2 Å². The van der Waals surface area contributed by atoms with E-state index in [0.29, 0.717) is 26.3 Å². The third kappa shape index (κ3) is 4.68. The van der Waals surface area contributed by atoms with E-state index in [1.54, 1.807) is 35.8 Å². The van der Waals surface area contributed by atoms with E-state index in [0.717, 1.165) is 0 Å².